The molecule has 0 radical (unpaired) electrons. The monoisotopic (exact) mass is 208 g/mol. The Hall–Kier alpha value is -1.36. The largest absolute Gasteiger partial charge is 0.350 e. The number of carbonyl (C=O) groups excluding carboxylic acids is 1. The van der Waals surface area contributed by atoms with E-state index < -0.39 is 0 Å². The second-order valence-corrected chi connectivity index (χ2v) is 3.84. The molecule has 2 heterocycles. The molecule has 5 nitrogen and oxygen atoms in total. The number of nitrogens with one attached hydrogen (secondary N) is 3. The molecule has 3 N–H and O–H groups in total. The van der Waals surface area contributed by atoms with Crippen molar-refractivity contribution < 1.29 is 4.79 Å². The summed E-state index contributed by atoms with van der Waals surface area (Å²) in [5, 5.41) is 6.13. The molecule has 1 aromatic rings. The summed E-state index contributed by atoms with van der Waals surface area (Å²) >= 11 is 0. The summed E-state index contributed by atoms with van der Waals surface area (Å²) in [5.41, 5.74) is 0.937. The molecule has 0 aromatic carbocycles. The number of hydrogen-bond acceptors (Lipinski definition) is 3. The van der Waals surface area contributed by atoms with Gasteiger partial charge in [0.1, 0.15) is 0 Å². The van der Waals surface area contributed by atoms with Gasteiger partial charge in [0.05, 0.1) is 24.5 Å². The SMILES string of the molecule is O=C(NCc1cnc[nH]1)[C@H]1CCCNC1. The summed E-state index contributed by atoms with van der Waals surface area (Å²) in [6, 6.07) is 0. The van der Waals surface area contributed by atoms with Crippen LogP contribution in [0.15, 0.2) is 12.5 Å². The molecule has 1 atom stereocenters. The quantitative estimate of drug-likeness (QED) is 0.656. The minimum Gasteiger partial charge on any atom is -0.350 e. The van der Waals surface area contributed by atoms with Gasteiger partial charge < -0.3 is 15.6 Å². The predicted octanol–water partition coefficient (Wildman–Crippen LogP) is 0.0255. The summed E-state index contributed by atoms with van der Waals surface area (Å²) in [7, 11) is 0. The summed E-state index contributed by atoms with van der Waals surface area (Å²) in [5.74, 6) is 0.262. The zero-order chi connectivity index (χ0) is 10.5. The van der Waals surface area contributed by atoms with Crippen molar-refractivity contribution >= 4 is 5.91 Å². The molecule has 0 unspecified atom stereocenters. The predicted molar refractivity (Wildman–Crippen MR) is 56.0 cm³/mol. The molecular formula is C10H16N4O. The van der Waals surface area contributed by atoms with Crippen molar-refractivity contribution in [3.8, 4) is 0 Å². The molecule has 0 bridgehead atoms. The molecule has 1 aliphatic heterocycles. The molecule has 1 aromatic heterocycles. The number of carbonyl (C=O) groups is 1. The van der Waals surface area contributed by atoms with Gasteiger partial charge in [-0.15, -0.1) is 0 Å². The van der Waals surface area contributed by atoms with Crippen LogP contribution < -0.4 is 10.6 Å². The van der Waals surface area contributed by atoms with E-state index in [4.69, 9.17) is 0 Å². The Morgan fingerprint density at radius 1 is 1.67 bits per heavy atom. The van der Waals surface area contributed by atoms with Crippen LogP contribution in [0.5, 0.6) is 0 Å². The van der Waals surface area contributed by atoms with E-state index in [1.165, 1.54) is 0 Å². The van der Waals surface area contributed by atoms with Crippen molar-refractivity contribution in [1.82, 2.24) is 20.6 Å². The summed E-state index contributed by atoms with van der Waals surface area (Å²) in [6.07, 6.45) is 5.41. The van der Waals surface area contributed by atoms with Crippen LogP contribution in [0.3, 0.4) is 0 Å². The number of aromatic amines is 1. The Labute approximate surface area is 88.7 Å². The topological polar surface area (TPSA) is 69.8 Å². The van der Waals surface area contributed by atoms with E-state index in [-0.39, 0.29) is 11.8 Å². The van der Waals surface area contributed by atoms with Crippen LogP contribution in [0.25, 0.3) is 0 Å². The molecule has 1 amide bonds. The van der Waals surface area contributed by atoms with Crippen LogP contribution in [-0.4, -0.2) is 29.0 Å². The zero-order valence-electron chi connectivity index (χ0n) is 8.62. The number of piperidine rings is 1. The molecule has 15 heavy (non-hydrogen) atoms. The van der Waals surface area contributed by atoms with E-state index in [9.17, 15) is 4.79 Å². The van der Waals surface area contributed by atoms with Gasteiger partial charge in [0.15, 0.2) is 0 Å². The lowest BCUT2D eigenvalue weighted by molar-refractivity contribution is -0.125. The van der Waals surface area contributed by atoms with Crippen molar-refractivity contribution in [2.24, 2.45) is 5.92 Å². The average molecular weight is 208 g/mol. The molecule has 82 valence electrons. The third kappa shape index (κ3) is 2.79. The van der Waals surface area contributed by atoms with Gasteiger partial charge in [0.25, 0.3) is 0 Å². The molecule has 1 fully saturated rings. The number of nitrogens with zero attached hydrogens (tertiary/aromatic N) is 1. The zero-order valence-corrected chi connectivity index (χ0v) is 8.62. The molecule has 2 rings (SSSR count). The Bertz CT molecular complexity index is 303. The second-order valence-electron chi connectivity index (χ2n) is 3.84. The molecular weight excluding hydrogens is 192 g/mol. The van der Waals surface area contributed by atoms with Crippen molar-refractivity contribution in [2.45, 2.75) is 19.4 Å². The number of imidazole rings is 1. The summed E-state index contributed by atoms with van der Waals surface area (Å²) in [4.78, 5) is 18.6. The van der Waals surface area contributed by atoms with E-state index in [1.54, 1.807) is 12.5 Å². The van der Waals surface area contributed by atoms with Crippen molar-refractivity contribution in [2.75, 3.05) is 13.1 Å². The maximum atomic E-state index is 11.7. The van der Waals surface area contributed by atoms with Crippen molar-refractivity contribution in [3.63, 3.8) is 0 Å². The number of rotatable bonds is 3. The van der Waals surface area contributed by atoms with Gasteiger partial charge in [-0.1, -0.05) is 0 Å². The second kappa shape index (κ2) is 4.93. The lowest BCUT2D eigenvalue weighted by Crippen LogP contribution is -2.40. The van der Waals surface area contributed by atoms with Crippen LogP contribution >= 0.6 is 0 Å². The van der Waals surface area contributed by atoms with Gasteiger partial charge in [0, 0.05) is 12.7 Å². The third-order valence-electron chi connectivity index (χ3n) is 2.68. The lowest BCUT2D eigenvalue weighted by Gasteiger charge is -2.21. The van der Waals surface area contributed by atoms with Crippen LogP contribution in [0.2, 0.25) is 0 Å². The van der Waals surface area contributed by atoms with Crippen molar-refractivity contribution in [1.29, 1.82) is 0 Å². The van der Waals surface area contributed by atoms with Crippen LogP contribution in [0.4, 0.5) is 0 Å². The Balaban J connectivity index is 1.76. The fraction of sp³-hybridized carbons (Fsp3) is 0.600. The fourth-order valence-corrected chi connectivity index (χ4v) is 1.78. The number of amides is 1. The van der Waals surface area contributed by atoms with Gasteiger partial charge >= 0.3 is 0 Å². The number of hydrogen-bond donors (Lipinski definition) is 3. The smallest absolute Gasteiger partial charge is 0.224 e. The van der Waals surface area contributed by atoms with E-state index in [2.05, 4.69) is 20.6 Å². The van der Waals surface area contributed by atoms with Crippen LogP contribution in [0, 0.1) is 5.92 Å². The maximum Gasteiger partial charge on any atom is 0.224 e. The molecule has 1 saturated heterocycles. The van der Waals surface area contributed by atoms with E-state index in [0.717, 1.165) is 31.6 Å². The highest BCUT2D eigenvalue weighted by Gasteiger charge is 2.20. The highest BCUT2D eigenvalue weighted by atomic mass is 16.1. The van der Waals surface area contributed by atoms with Crippen LogP contribution in [0.1, 0.15) is 18.5 Å². The lowest BCUT2D eigenvalue weighted by atomic mass is 9.99. The van der Waals surface area contributed by atoms with Crippen LogP contribution in [-0.2, 0) is 11.3 Å². The van der Waals surface area contributed by atoms with E-state index >= 15 is 0 Å². The first-order valence-electron chi connectivity index (χ1n) is 5.32. The molecule has 0 saturated carbocycles. The first kappa shape index (κ1) is 10.2. The minimum absolute atomic E-state index is 0.127. The van der Waals surface area contributed by atoms with Gasteiger partial charge in [-0.3, -0.25) is 4.79 Å². The summed E-state index contributed by atoms with van der Waals surface area (Å²) < 4.78 is 0. The average Bonchev–Trinajstić information content (AvgIpc) is 2.80. The van der Waals surface area contributed by atoms with E-state index in [1.807, 2.05) is 0 Å². The summed E-state index contributed by atoms with van der Waals surface area (Å²) in [6.45, 7) is 2.37. The first-order chi connectivity index (χ1) is 7.36. The van der Waals surface area contributed by atoms with Gasteiger partial charge in [0.2, 0.25) is 5.91 Å². The standard InChI is InChI=1S/C10H16N4O/c15-10(8-2-1-3-11-4-8)13-6-9-5-12-7-14-9/h5,7-8,11H,1-4,6H2,(H,12,14)(H,13,15)/t8-/m0/s1. The Morgan fingerprint density at radius 3 is 3.27 bits per heavy atom. The third-order valence-corrected chi connectivity index (χ3v) is 2.68. The fourth-order valence-electron chi connectivity index (χ4n) is 1.78. The van der Waals surface area contributed by atoms with Gasteiger partial charge in [-0.05, 0) is 19.4 Å². The minimum atomic E-state index is 0.127. The maximum absolute atomic E-state index is 11.7. The molecule has 0 spiro atoms. The van der Waals surface area contributed by atoms with E-state index in [0.29, 0.717) is 6.54 Å². The Kier molecular flexibility index (Phi) is 3.34. The van der Waals surface area contributed by atoms with Crippen molar-refractivity contribution in [3.05, 3.63) is 18.2 Å². The molecule has 1 aliphatic rings. The highest BCUT2D eigenvalue weighted by Crippen LogP contribution is 2.09. The molecule has 5 heteroatoms. The van der Waals surface area contributed by atoms with Gasteiger partial charge in [-0.2, -0.15) is 0 Å². The number of H-pyrrole nitrogens is 1. The number of aromatic nitrogens is 2. The first-order valence-corrected chi connectivity index (χ1v) is 5.32. The Morgan fingerprint density at radius 2 is 2.60 bits per heavy atom. The molecule has 0 aliphatic carbocycles. The highest BCUT2D eigenvalue weighted by molar-refractivity contribution is 5.78. The normalized spacial score (nSPS) is 21.2. The van der Waals surface area contributed by atoms with Gasteiger partial charge in [-0.25, -0.2) is 4.98 Å².